The summed E-state index contributed by atoms with van der Waals surface area (Å²) in [4.78, 5) is 15.7. The molecule has 1 unspecified atom stereocenters. The third-order valence-corrected chi connectivity index (χ3v) is 2.43. The van der Waals surface area contributed by atoms with Crippen LogP contribution in [0.4, 0.5) is 0 Å². The standard InChI is InChI=1S/C8H14N4O/c1-6-2-3-12(4-6)5-7-9-8(13)11-10-7/h6H,2-5H2,1H3,(H2,9,10,11,13). The summed E-state index contributed by atoms with van der Waals surface area (Å²) in [5.41, 5.74) is -0.220. The predicted molar refractivity (Wildman–Crippen MR) is 48.3 cm³/mol. The smallest absolute Gasteiger partial charge is 0.296 e. The van der Waals surface area contributed by atoms with Crippen molar-refractivity contribution in [2.75, 3.05) is 13.1 Å². The number of H-pyrrole nitrogens is 2. The van der Waals surface area contributed by atoms with Gasteiger partial charge in [-0.1, -0.05) is 6.92 Å². The van der Waals surface area contributed by atoms with Crippen molar-refractivity contribution in [1.29, 1.82) is 0 Å². The summed E-state index contributed by atoms with van der Waals surface area (Å²) in [6, 6.07) is 0. The maximum absolute atomic E-state index is 10.7. The minimum atomic E-state index is -0.220. The summed E-state index contributed by atoms with van der Waals surface area (Å²) >= 11 is 0. The lowest BCUT2D eigenvalue weighted by Crippen LogP contribution is -2.20. The molecule has 5 heteroatoms. The molecule has 72 valence electrons. The number of hydrogen-bond acceptors (Lipinski definition) is 3. The third kappa shape index (κ3) is 1.98. The van der Waals surface area contributed by atoms with Crippen LogP contribution in [0.2, 0.25) is 0 Å². The summed E-state index contributed by atoms with van der Waals surface area (Å²) in [6.45, 7) is 5.21. The fraction of sp³-hybridized carbons (Fsp3) is 0.750. The van der Waals surface area contributed by atoms with Crippen LogP contribution in [0.5, 0.6) is 0 Å². The first kappa shape index (κ1) is 8.50. The molecule has 2 heterocycles. The van der Waals surface area contributed by atoms with Gasteiger partial charge in [0.05, 0.1) is 6.54 Å². The molecule has 0 aromatic carbocycles. The van der Waals surface area contributed by atoms with E-state index >= 15 is 0 Å². The van der Waals surface area contributed by atoms with Gasteiger partial charge >= 0.3 is 5.69 Å². The normalized spacial score (nSPS) is 23.9. The molecule has 0 bridgehead atoms. The highest BCUT2D eigenvalue weighted by Crippen LogP contribution is 2.15. The highest BCUT2D eigenvalue weighted by molar-refractivity contribution is 4.83. The molecule has 0 amide bonds. The average molecular weight is 182 g/mol. The Kier molecular flexibility index (Phi) is 2.18. The second-order valence-electron chi connectivity index (χ2n) is 3.75. The zero-order valence-corrected chi connectivity index (χ0v) is 7.71. The van der Waals surface area contributed by atoms with Gasteiger partial charge in [0.15, 0.2) is 0 Å². The molecular weight excluding hydrogens is 168 g/mol. The van der Waals surface area contributed by atoms with Gasteiger partial charge < -0.3 is 0 Å². The predicted octanol–water partition coefficient (Wildman–Crippen LogP) is -0.0602. The van der Waals surface area contributed by atoms with Crippen LogP contribution in [0.3, 0.4) is 0 Å². The summed E-state index contributed by atoms with van der Waals surface area (Å²) in [5.74, 6) is 1.50. The van der Waals surface area contributed by atoms with Crippen molar-refractivity contribution in [3.8, 4) is 0 Å². The molecule has 1 fully saturated rings. The average Bonchev–Trinajstić information content (AvgIpc) is 2.62. The second kappa shape index (κ2) is 3.33. The van der Waals surface area contributed by atoms with Gasteiger partial charge in [-0.3, -0.25) is 9.88 Å². The Morgan fingerprint density at radius 1 is 1.69 bits per heavy atom. The van der Waals surface area contributed by atoms with Crippen LogP contribution < -0.4 is 5.69 Å². The highest BCUT2D eigenvalue weighted by atomic mass is 16.1. The zero-order chi connectivity index (χ0) is 9.26. The summed E-state index contributed by atoms with van der Waals surface area (Å²) < 4.78 is 0. The Hall–Kier alpha value is -1.10. The number of aromatic amines is 2. The summed E-state index contributed by atoms with van der Waals surface area (Å²) in [6.07, 6.45) is 1.24. The van der Waals surface area contributed by atoms with E-state index in [-0.39, 0.29) is 5.69 Å². The fourth-order valence-electron chi connectivity index (χ4n) is 1.76. The van der Waals surface area contributed by atoms with Crippen molar-refractivity contribution in [3.63, 3.8) is 0 Å². The van der Waals surface area contributed by atoms with Gasteiger partial charge in [-0.15, -0.1) is 0 Å². The van der Waals surface area contributed by atoms with E-state index in [4.69, 9.17) is 0 Å². The van der Waals surface area contributed by atoms with Gasteiger partial charge in [-0.25, -0.2) is 9.89 Å². The monoisotopic (exact) mass is 182 g/mol. The van der Waals surface area contributed by atoms with Crippen LogP contribution in [-0.4, -0.2) is 33.2 Å². The minimum absolute atomic E-state index is 0.220. The van der Waals surface area contributed by atoms with Crippen LogP contribution >= 0.6 is 0 Å². The molecule has 2 N–H and O–H groups in total. The molecule has 1 aromatic heterocycles. The number of nitrogens with one attached hydrogen (secondary N) is 2. The molecule has 0 radical (unpaired) electrons. The van der Waals surface area contributed by atoms with E-state index in [0.29, 0.717) is 0 Å². The first-order valence-corrected chi connectivity index (χ1v) is 4.60. The lowest BCUT2D eigenvalue weighted by Gasteiger charge is -2.11. The summed E-state index contributed by atoms with van der Waals surface area (Å²) in [7, 11) is 0. The second-order valence-corrected chi connectivity index (χ2v) is 3.75. The van der Waals surface area contributed by atoms with Gasteiger partial charge in [0.1, 0.15) is 5.82 Å². The first-order chi connectivity index (χ1) is 6.24. The number of hydrogen-bond donors (Lipinski definition) is 2. The third-order valence-electron chi connectivity index (χ3n) is 2.43. The van der Waals surface area contributed by atoms with Gasteiger partial charge in [-0.05, 0) is 18.9 Å². The lowest BCUT2D eigenvalue weighted by atomic mass is 10.2. The SMILES string of the molecule is CC1CCN(Cc2n[nH]c(=O)[nH]2)C1. The number of rotatable bonds is 2. The number of likely N-dealkylation sites (tertiary alicyclic amines) is 1. The molecule has 2 rings (SSSR count). The van der Waals surface area contributed by atoms with Crippen LogP contribution in [0.25, 0.3) is 0 Å². The van der Waals surface area contributed by atoms with E-state index in [1.165, 1.54) is 6.42 Å². The Morgan fingerprint density at radius 2 is 2.54 bits per heavy atom. The van der Waals surface area contributed by atoms with Crippen LogP contribution in [0.15, 0.2) is 4.79 Å². The van der Waals surface area contributed by atoms with E-state index in [1.54, 1.807) is 0 Å². The topological polar surface area (TPSA) is 64.8 Å². The van der Waals surface area contributed by atoms with Crippen molar-refractivity contribution in [1.82, 2.24) is 20.1 Å². The molecule has 1 saturated heterocycles. The quantitative estimate of drug-likeness (QED) is 0.673. The molecule has 0 saturated carbocycles. The van der Waals surface area contributed by atoms with Crippen molar-refractivity contribution in [2.45, 2.75) is 19.9 Å². The van der Waals surface area contributed by atoms with E-state index in [0.717, 1.165) is 31.4 Å². The van der Waals surface area contributed by atoms with E-state index in [9.17, 15) is 4.79 Å². The van der Waals surface area contributed by atoms with Crippen LogP contribution in [0.1, 0.15) is 19.2 Å². The molecule has 5 nitrogen and oxygen atoms in total. The first-order valence-electron chi connectivity index (χ1n) is 4.60. The van der Waals surface area contributed by atoms with Gasteiger partial charge in [0, 0.05) is 6.54 Å². The molecule has 0 aliphatic carbocycles. The van der Waals surface area contributed by atoms with E-state index in [2.05, 4.69) is 27.0 Å². The fourth-order valence-corrected chi connectivity index (χ4v) is 1.76. The lowest BCUT2D eigenvalue weighted by molar-refractivity contribution is 0.312. The van der Waals surface area contributed by atoms with Crippen LogP contribution in [0, 0.1) is 5.92 Å². The number of aromatic nitrogens is 3. The molecule has 1 atom stereocenters. The Labute approximate surface area is 76.2 Å². The molecule has 1 aliphatic rings. The van der Waals surface area contributed by atoms with Crippen LogP contribution in [-0.2, 0) is 6.54 Å². The van der Waals surface area contributed by atoms with E-state index < -0.39 is 0 Å². The van der Waals surface area contributed by atoms with Gasteiger partial charge in [0.2, 0.25) is 0 Å². The van der Waals surface area contributed by atoms with Gasteiger partial charge in [0.25, 0.3) is 0 Å². The van der Waals surface area contributed by atoms with Crippen molar-refractivity contribution in [2.24, 2.45) is 5.92 Å². The minimum Gasteiger partial charge on any atom is -0.296 e. The Balaban J connectivity index is 1.95. The zero-order valence-electron chi connectivity index (χ0n) is 7.71. The largest absolute Gasteiger partial charge is 0.340 e. The maximum atomic E-state index is 10.7. The molecule has 13 heavy (non-hydrogen) atoms. The molecule has 0 spiro atoms. The van der Waals surface area contributed by atoms with Crippen molar-refractivity contribution < 1.29 is 0 Å². The maximum Gasteiger partial charge on any atom is 0.340 e. The molecule has 1 aromatic rings. The molecular formula is C8H14N4O. The number of nitrogens with zero attached hydrogens (tertiary/aromatic N) is 2. The Morgan fingerprint density at radius 3 is 3.08 bits per heavy atom. The highest BCUT2D eigenvalue weighted by Gasteiger charge is 2.19. The van der Waals surface area contributed by atoms with E-state index in [1.807, 2.05) is 0 Å². The van der Waals surface area contributed by atoms with Gasteiger partial charge in [-0.2, -0.15) is 5.10 Å². The van der Waals surface area contributed by atoms with Crippen molar-refractivity contribution >= 4 is 0 Å². The van der Waals surface area contributed by atoms with Crippen molar-refractivity contribution in [3.05, 3.63) is 16.3 Å². The Bertz CT molecular complexity index is 329. The summed E-state index contributed by atoms with van der Waals surface area (Å²) in [5, 5.41) is 6.24. The molecule has 1 aliphatic heterocycles.